The molecule has 104 valence electrons. The summed E-state index contributed by atoms with van der Waals surface area (Å²) in [6.07, 6.45) is 0. The number of nitro benzene ring substituents is 1. The monoisotopic (exact) mass is 358 g/mol. The van der Waals surface area contributed by atoms with Gasteiger partial charge in [0.15, 0.2) is 0 Å². The summed E-state index contributed by atoms with van der Waals surface area (Å²) in [4.78, 5) is 10.5. The topological polar surface area (TPSA) is 55.2 Å². The normalized spacial score (nSPS) is 10.3. The van der Waals surface area contributed by atoms with Crippen LogP contribution in [0.1, 0.15) is 5.56 Å². The van der Waals surface area contributed by atoms with Gasteiger partial charge in [0.25, 0.3) is 5.69 Å². The Morgan fingerprint density at radius 1 is 1.30 bits per heavy atom. The fraction of sp³-hybridized carbons (Fsp3) is 0.0769. The summed E-state index contributed by atoms with van der Waals surface area (Å²) in [7, 11) is 0. The molecule has 0 spiro atoms. The Kier molecular flexibility index (Phi) is 4.57. The number of nitrogens with one attached hydrogen (secondary N) is 1. The zero-order valence-electron chi connectivity index (χ0n) is 10.1. The second-order valence-corrected chi connectivity index (χ2v) is 5.34. The summed E-state index contributed by atoms with van der Waals surface area (Å²) in [6.45, 7) is 0.213. The van der Waals surface area contributed by atoms with Gasteiger partial charge in [-0.2, -0.15) is 0 Å². The van der Waals surface area contributed by atoms with Gasteiger partial charge in [-0.05, 0) is 30.3 Å². The Hall–Kier alpha value is -1.66. The summed E-state index contributed by atoms with van der Waals surface area (Å²) < 4.78 is 13.9. The maximum absolute atomic E-state index is 13.3. The van der Waals surface area contributed by atoms with Crippen LogP contribution >= 0.6 is 27.5 Å². The molecule has 2 aromatic rings. The number of hydrogen-bond acceptors (Lipinski definition) is 3. The number of benzene rings is 2. The molecule has 4 nitrogen and oxygen atoms in total. The zero-order chi connectivity index (χ0) is 14.7. The number of hydrogen-bond donors (Lipinski definition) is 1. The van der Waals surface area contributed by atoms with Crippen LogP contribution in [0.3, 0.4) is 0 Å². The molecule has 0 aliphatic rings. The van der Waals surface area contributed by atoms with Crippen LogP contribution in [0.4, 0.5) is 15.8 Å². The standard InChI is InChI=1S/C13H9BrClFN2O2/c14-9-2-1-8(13(5-9)18(19)20)7-17-10-3-4-11(15)12(16)6-10/h1-6,17H,7H2. The minimum absolute atomic E-state index is 0.00121. The van der Waals surface area contributed by atoms with E-state index in [0.29, 0.717) is 15.7 Å². The van der Waals surface area contributed by atoms with E-state index in [-0.39, 0.29) is 17.3 Å². The first-order valence-corrected chi connectivity index (χ1v) is 6.76. The van der Waals surface area contributed by atoms with Gasteiger partial charge in [-0.1, -0.05) is 27.5 Å². The minimum atomic E-state index is -0.540. The Balaban J connectivity index is 2.18. The second kappa shape index (κ2) is 6.19. The molecule has 0 atom stereocenters. The van der Waals surface area contributed by atoms with Gasteiger partial charge in [-0.25, -0.2) is 4.39 Å². The summed E-state index contributed by atoms with van der Waals surface area (Å²) >= 11 is 8.77. The van der Waals surface area contributed by atoms with Crippen LogP contribution in [0.15, 0.2) is 40.9 Å². The van der Waals surface area contributed by atoms with E-state index in [4.69, 9.17) is 11.6 Å². The Labute approximate surface area is 127 Å². The molecule has 0 unspecified atom stereocenters. The van der Waals surface area contributed by atoms with Gasteiger partial charge in [0, 0.05) is 28.3 Å². The zero-order valence-corrected chi connectivity index (χ0v) is 12.4. The van der Waals surface area contributed by atoms with E-state index >= 15 is 0 Å². The van der Waals surface area contributed by atoms with Crippen molar-refractivity contribution in [2.45, 2.75) is 6.54 Å². The lowest BCUT2D eigenvalue weighted by molar-refractivity contribution is -0.385. The van der Waals surface area contributed by atoms with Crippen LogP contribution < -0.4 is 5.32 Å². The van der Waals surface area contributed by atoms with Crippen molar-refractivity contribution < 1.29 is 9.31 Å². The number of anilines is 1. The third kappa shape index (κ3) is 3.46. The fourth-order valence-electron chi connectivity index (χ4n) is 1.66. The lowest BCUT2D eigenvalue weighted by Gasteiger charge is -2.08. The molecular formula is C13H9BrClFN2O2. The average molecular weight is 360 g/mol. The van der Waals surface area contributed by atoms with Gasteiger partial charge in [-0.15, -0.1) is 0 Å². The summed E-state index contributed by atoms with van der Waals surface area (Å²) in [5.74, 6) is -0.540. The maximum atomic E-state index is 13.3. The number of nitro groups is 1. The molecule has 0 amide bonds. The Bertz CT molecular complexity index is 667. The predicted molar refractivity (Wildman–Crippen MR) is 79.5 cm³/mol. The van der Waals surface area contributed by atoms with Crippen LogP contribution in [-0.4, -0.2) is 4.92 Å². The highest BCUT2D eigenvalue weighted by atomic mass is 79.9. The molecule has 0 aromatic heterocycles. The molecule has 0 saturated carbocycles. The summed E-state index contributed by atoms with van der Waals surface area (Å²) in [6, 6.07) is 9.06. The molecular weight excluding hydrogens is 351 g/mol. The molecule has 0 saturated heterocycles. The van der Waals surface area contributed by atoms with Crippen molar-refractivity contribution in [3.8, 4) is 0 Å². The first-order valence-electron chi connectivity index (χ1n) is 5.59. The SMILES string of the molecule is O=[N+]([O-])c1cc(Br)ccc1CNc1ccc(Cl)c(F)c1. The van der Waals surface area contributed by atoms with Crippen molar-refractivity contribution in [1.29, 1.82) is 0 Å². The van der Waals surface area contributed by atoms with Crippen molar-refractivity contribution in [3.05, 3.63) is 67.4 Å². The number of nitrogens with zero attached hydrogens (tertiary/aromatic N) is 1. The van der Waals surface area contributed by atoms with Crippen molar-refractivity contribution in [3.63, 3.8) is 0 Å². The molecule has 0 radical (unpaired) electrons. The van der Waals surface area contributed by atoms with Crippen LogP contribution in [-0.2, 0) is 6.54 Å². The van der Waals surface area contributed by atoms with Gasteiger partial charge in [0.1, 0.15) is 5.82 Å². The van der Waals surface area contributed by atoms with Crippen molar-refractivity contribution in [2.75, 3.05) is 5.32 Å². The van der Waals surface area contributed by atoms with Crippen LogP contribution in [0.2, 0.25) is 5.02 Å². The molecule has 20 heavy (non-hydrogen) atoms. The van der Waals surface area contributed by atoms with Crippen molar-refractivity contribution in [1.82, 2.24) is 0 Å². The van der Waals surface area contributed by atoms with Gasteiger partial charge in [0.05, 0.1) is 9.95 Å². The molecule has 2 aromatic carbocycles. The molecule has 0 aliphatic carbocycles. The van der Waals surface area contributed by atoms with Crippen LogP contribution in [0.25, 0.3) is 0 Å². The number of halogens is 3. The molecule has 0 fully saturated rings. The third-order valence-electron chi connectivity index (χ3n) is 2.65. The van der Waals surface area contributed by atoms with Crippen molar-refractivity contribution in [2.24, 2.45) is 0 Å². The van der Waals surface area contributed by atoms with E-state index in [9.17, 15) is 14.5 Å². The molecule has 7 heteroatoms. The average Bonchev–Trinajstić information content (AvgIpc) is 2.41. The second-order valence-electron chi connectivity index (χ2n) is 4.01. The minimum Gasteiger partial charge on any atom is -0.381 e. The molecule has 0 bridgehead atoms. The largest absolute Gasteiger partial charge is 0.381 e. The summed E-state index contributed by atoms with van der Waals surface area (Å²) in [5, 5.41) is 13.9. The number of rotatable bonds is 4. The van der Waals surface area contributed by atoms with E-state index < -0.39 is 10.7 Å². The van der Waals surface area contributed by atoms with Gasteiger partial charge in [-0.3, -0.25) is 10.1 Å². The maximum Gasteiger partial charge on any atom is 0.275 e. The first-order chi connectivity index (χ1) is 9.47. The molecule has 0 aliphatic heterocycles. The first kappa shape index (κ1) is 14.7. The Morgan fingerprint density at radius 2 is 2.05 bits per heavy atom. The predicted octanol–water partition coefficient (Wildman–Crippen LogP) is 4.76. The smallest absolute Gasteiger partial charge is 0.275 e. The van der Waals surface area contributed by atoms with E-state index in [0.717, 1.165) is 0 Å². The highest BCUT2D eigenvalue weighted by Crippen LogP contribution is 2.25. The fourth-order valence-corrected chi connectivity index (χ4v) is 2.13. The van der Waals surface area contributed by atoms with Gasteiger partial charge in [0.2, 0.25) is 0 Å². The molecule has 1 N–H and O–H groups in total. The molecule has 0 heterocycles. The third-order valence-corrected chi connectivity index (χ3v) is 3.45. The summed E-state index contributed by atoms with van der Waals surface area (Å²) in [5.41, 5.74) is 1.01. The lowest BCUT2D eigenvalue weighted by Crippen LogP contribution is -2.03. The van der Waals surface area contributed by atoms with Gasteiger partial charge < -0.3 is 5.32 Å². The lowest BCUT2D eigenvalue weighted by atomic mass is 10.1. The highest BCUT2D eigenvalue weighted by Gasteiger charge is 2.13. The van der Waals surface area contributed by atoms with Gasteiger partial charge >= 0.3 is 0 Å². The van der Waals surface area contributed by atoms with E-state index in [1.807, 2.05) is 0 Å². The Morgan fingerprint density at radius 3 is 2.70 bits per heavy atom. The highest BCUT2D eigenvalue weighted by molar-refractivity contribution is 9.10. The quantitative estimate of drug-likeness (QED) is 0.632. The van der Waals surface area contributed by atoms with Crippen LogP contribution in [0.5, 0.6) is 0 Å². The molecule has 2 rings (SSSR count). The van der Waals surface area contributed by atoms with E-state index in [2.05, 4.69) is 21.2 Å². The van der Waals surface area contributed by atoms with Crippen molar-refractivity contribution >= 4 is 38.9 Å². The van der Waals surface area contributed by atoms with E-state index in [1.165, 1.54) is 18.2 Å². The van der Waals surface area contributed by atoms with Crippen LogP contribution in [0, 0.1) is 15.9 Å². The van der Waals surface area contributed by atoms with E-state index in [1.54, 1.807) is 18.2 Å².